The Labute approximate surface area is 156 Å². The molecule has 0 N–H and O–H groups in total. The molecule has 1 aliphatic rings. The summed E-state index contributed by atoms with van der Waals surface area (Å²) in [5.41, 5.74) is 2.94. The van der Waals surface area contributed by atoms with E-state index in [1.807, 2.05) is 12.3 Å². The van der Waals surface area contributed by atoms with Crippen LogP contribution in [0, 0.1) is 0 Å². The summed E-state index contributed by atoms with van der Waals surface area (Å²) in [6, 6.07) is 10.4. The molecular formula is C20H18N6O. The van der Waals surface area contributed by atoms with E-state index in [4.69, 9.17) is 4.42 Å². The van der Waals surface area contributed by atoms with Gasteiger partial charge in [0.15, 0.2) is 0 Å². The van der Waals surface area contributed by atoms with E-state index < -0.39 is 0 Å². The van der Waals surface area contributed by atoms with Crippen molar-refractivity contribution in [1.82, 2.24) is 30.0 Å². The van der Waals surface area contributed by atoms with Gasteiger partial charge >= 0.3 is 0 Å². The maximum absolute atomic E-state index is 5.86. The molecule has 0 aliphatic carbocycles. The summed E-state index contributed by atoms with van der Waals surface area (Å²) in [5.74, 6) is 1.35. The van der Waals surface area contributed by atoms with Crippen molar-refractivity contribution in [2.75, 3.05) is 13.1 Å². The minimum absolute atomic E-state index is 0.246. The summed E-state index contributed by atoms with van der Waals surface area (Å²) in [6.07, 6.45) is 7.72. The van der Waals surface area contributed by atoms with E-state index in [1.54, 1.807) is 18.6 Å². The summed E-state index contributed by atoms with van der Waals surface area (Å²) in [5, 5.41) is 9.59. The second kappa shape index (κ2) is 6.85. The minimum atomic E-state index is 0.246. The number of benzene rings is 1. The molecule has 0 amide bonds. The molecule has 0 saturated carbocycles. The molecule has 1 saturated heterocycles. The largest absolute Gasteiger partial charge is 0.419 e. The van der Waals surface area contributed by atoms with Gasteiger partial charge in [-0.3, -0.25) is 14.9 Å². The van der Waals surface area contributed by atoms with Gasteiger partial charge in [-0.25, -0.2) is 4.98 Å². The molecule has 1 aliphatic heterocycles. The molecule has 0 radical (unpaired) electrons. The number of hydrogen-bond donors (Lipinski definition) is 0. The number of fused-ring (bicyclic) bond motifs is 1. The van der Waals surface area contributed by atoms with Gasteiger partial charge in [0, 0.05) is 37.1 Å². The Bertz CT molecular complexity index is 1060. The fraction of sp³-hybridized carbons (Fsp3) is 0.250. The third-order valence-corrected chi connectivity index (χ3v) is 4.97. The Hall–Kier alpha value is -3.19. The number of hydrogen-bond acceptors (Lipinski definition) is 7. The van der Waals surface area contributed by atoms with E-state index in [9.17, 15) is 0 Å². The van der Waals surface area contributed by atoms with Crippen LogP contribution in [0.2, 0.25) is 0 Å². The lowest BCUT2D eigenvalue weighted by Gasteiger charge is -2.16. The summed E-state index contributed by atoms with van der Waals surface area (Å²) < 4.78 is 5.86. The summed E-state index contributed by atoms with van der Waals surface area (Å²) in [6.45, 7) is 2.80. The van der Waals surface area contributed by atoms with Crippen LogP contribution in [0.15, 0.2) is 59.5 Å². The van der Waals surface area contributed by atoms with Gasteiger partial charge in [-0.2, -0.15) is 0 Å². The highest BCUT2D eigenvalue weighted by Gasteiger charge is 2.28. The first kappa shape index (κ1) is 16.0. The van der Waals surface area contributed by atoms with Gasteiger partial charge in [0.25, 0.3) is 5.89 Å². The SMILES string of the molecule is c1cc(CN2CC[C@H](c3nnc(-c4cnccn4)o3)C2)c2cccnc2c1. The van der Waals surface area contributed by atoms with Crippen LogP contribution in [0.5, 0.6) is 0 Å². The highest BCUT2D eigenvalue weighted by molar-refractivity contribution is 5.81. The zero-order valence-electron chi connectivity index (χ0n) is 14.7. The summed E-state index contributed by atoms with van der Waals surface area (Å²) in [4.78, 5) is 15.1. The molecule has 1 atom stereocenters. The van der Waals surface area contributed by atoms with E-state index in [1.165, 1.54) is 10.9 Å². The van der Waals surface area contributed by atoms with E-state index in [0.717, 1.165) is 31.6 Å². The number of likely N-dealkylation sites (tertiary alicyclic amines) is 1. The standard InChI is InChI=1S/C20H18N6O/c1-3-14(16-4-2-7-22-17(16)5-1)12-26-10-6-15(13-26)19-24-25-20(27-19)18-11-21-8-9-23-18/h1-5,7-9,11,15H,6,10,12-13H2/t15-/m0/s1. The summed E-state index contributed by atoms with van der Waals surface area (Å²) in [7, 11) is 0. The quantitative estimate of drug-likeness (QED) is 0.554. The number of aromatic nitrogens is 5. The van der Waals surface area contributed by atoms with Crippen LogP contribution in [-0.2, 0) is 6.54 Å². The van der Waals surface area contributed by atoms with Crippen molar-refractivity contribution in [3.63, 3.8) is 0 Å². The lowest BCUT2D eigenvalue weighted by molar-refractivity contribution is 0.321. The molecule has 27 heavy (non-hydrogen) atoms. The molecule has 0 bridgehead atoms. The molecule has 0 unspecified atom stereocenters. The molecule has 5 rings (SSSR count). The van der Waals surface area contributed by atoms with Crippen LogP contribution in [0.4, 0.5) is 0 Å². The Balaban J connectivity index is 1.31. The van der Waals surface area contributed by atoms with Crippen LogP contribution in [0.25, 0.3) is 22.5 Å². The van der Waals surface area contributed by atoms with Gasteiger partial charge < -0.3 is 4.42 Å². The van der Waals surface area contributed by atoms with E-state index in [2.05, 4.69) is 54.3 Å². The Morgan fingerprint density at radius 2 is 2.04 bits per heavy atom. The summed E-state index contributed by atoms with van der Waals surface area (Å²) >= 11 is 0. The maximum atomic E-state index is 5.86. The lowest BCUT2D eigenvalue weighted by Crippen LogP contribution is -2.20. The van der Waals surface area contributed by atoms with Crippen LogP contribution < -0.4 is 0 Å². The second-order valence-electron chi connectivity index (χ2n) is 6.74. The van der Waals surface area contributed by atoms with E-state index >= 15 is 0 Å². The predicted molar refractivity (Wildman–Crippen MR) is 99.7 cm³/mol. The van der Waals surface area contributed by atoms with Crippen molar-refractivity contribution in [2.45, 2.75) is 18.9 Å². The van der Waals surface area contributed by atoms with Crippen molar-refractivity contribution in [3.05, 3.63) is 66.6 Å². The Morgan fingerprint density at radius 1 is 1.04 bits per heavy atom. The third kappa shape index (κ3) is 3.17. The van der Waals surface area contributed by atoms with Crippen LogP contribution in [0.1, 0.15) is 23.8 Å². The first-order valence-electron chi connectivity index (χ1n) is 9.01. The first-order chi connectivity index (χ1) is 13.4. The van der Waals surface area contributed by atoms with Crippen molar-refractivity contribution in [1.29, 1.82) is 0 Å². The average Bonchev–Trinajstić information content (AvgIpc) is 3.39. The zero-order chi connectivity index (χ0) is 18.1. The molecule has 4 heterocycles. The fourth-order valence-corrected chi connectivity index (χ4v) is 3.64. The number of pyridine rings is 1. The zero-order valence-corrected chi connectivity index (χ0v) is 14.7. The molecule has 3 aromatic heterocycles. The van der Waals surface area contributed by atoms with Gasteiger partial charge in [0.2, 0.25) is 5.89 Å². The molecule has 0 spiro atoms. The normalized spacial score (nSPS) is 17.6. The van der Waals surface area contributed by atoms with Crippen LogP contribution in [-0.4, -0.2) is 43.1 Å². The van der Waals surface area contributed by atoms with Crippen molar-refractivity contribution >= 4 is 10.9 Å². The topological polar surface area (TPSA) is 80.8 Å². The molecular weight excluding hydrogens is 340 g/mol. The average molecular weight is 358 g/mol. The number of nitrogens with zero attached hydrogens (tertiary/aromatic N) is 6. The second-order valence-corrected chi connectivity index (χ2v) is 6.74. The molecule has 4 aromatic rings. The molecule has 1 fully saturated rings. The van der Waals surface area contributed by atoms with Crippen molar-refractivity contribution in [2.24, 2.45) is 0 Å². The Kier molecular flexibility index (Phi) is 4.06. The number of rotatable bonds is 4. The van der Waals surface area contributed by atoms with Crippen LogP contribution >= 0.6 is 0 Å². The van der Waals surface area contributed by atoms with Gasteiger partial charge in [-0.15, -0.1) is 10.2 Å². The maximum Gasteiger partial charge on any atom is 0.267 e. The molecule has 134 valence electrons. The highest BCUT2D eigenvalue weighted by atomic mass is 16.4. The first-order valence-corrected chi connectivity index (χ1v) is 9.01. The van der Waals surface area contributed by atoms with Gasteiger partial charge in [-0.1, -0.05) is 18.2 Å². The van der Waals surface area contributed by atoms with E-state index in [-0.39, 0.29) is 5.92 Å². The van der Waals surface area contributed by atoms with Gasteiger partial charge in [-0.05, 0) is 30.7 Å². The fourth-order valence-electron chi connectivity index (χ4n) is 3.64. The van der Waals surface area contributed by atoms with Gasteiger partial charge in [0.05, 0.1) is 17.6 Å². The van der Waals surface area contributed by atoms with Crippen molar-refractivity contribution < 1.29 is 4.42 Å². The smallest absolute Gasteiger partial charge is 0.267 e. The lowest BCUT2D eigenvalue weighted by atomic mass is 10.1. The minimum Gasteiger partial charge on any atom is -0.419 e. The predicted octanol–water partition coefficient (Wildman–Crippen LogP) is 3.06. The van der Waals surface area contributed by atoms with Crippen molar-refractivity contribution in [3.8, 4) is 11.6 Å². The van der Waals surface area contributed by atoms with E-state index in [0.29, 0.717) is 17.5 Å². The molecule has 1 aromatic carbocycles. The van der Waals surface area contributed by atoms with Gasteiger partial charge in [0.1, 0.15) is 5.69 Å². The molecule has 7 heteroatoms. The Morgan fingerprint density at radius 3 is 2.96 bits per heavy atom. The molecule has 7 nitrogen and oxygen atoms in total. The van der Waals surface area contributed by atoms with Crippen LogP contribution in [0.3, 0.4) is 0 Å². The third-order valence-electron chi connectivity index (χ3n) is 4.97. The highest BCUT2D eigenvalue weighted by Crippen LogP contribution is 2.29. The monoisotopic (exact) mass is 358 g/mol.